The third-order valence-corrected chi connectivity index (χ3v) is 1.35. The van der Waals surface area contributed by atoms with Crippen LogP contribution in [0.1, 0.15) is 0 Å². The van der Waals surface area contributed by atoms with Crippen molar-refractivity contribution in [3.63, 3.8) is 0 Å². The van der Waals surface area contributed by atoms with Crippen molar-refractivity contribution in [1.82, 2.24) is 0 Å². The predicted octanol–water partition coefficient (Wildman–Crippen LogP) is 1.55. The van der Waals surface area contributed by atoms with Crippen LogP contribution in [0.15, 0.2) is 36.4 Å². The molecule has 11 heavy (non-hydrogen) atoms. The molecule has 0 saturated carbocycles. The van der Waals surface area contributed by atoms with E-state index in [1.807, 2.05) is 36.4 Å². The van der Waals surface area contributed by atoms with E-state index in [-0.39, 0.29) is 11.2 Å². The summed E-state index contributed by atoms with van der Waals surface area (Å²) in [5.41, 5.74) is 4.61. The molecule has 2 N–H and O–H groups in total. The Labute approximate surface area is 74.5 Å². The van der Waals surface area contributed by atoms with Gasteiger partial charge in [0.15, 0.2) is 0 Å². The van der Waals surface area contributed by atoms with Gasteiger partial charge >= 0.3 is 0 Å². The summed E-state index contributed by atoms with van der Waals surface area (Å²) in [6, 6.07) is 12.0. The number of alkyl halides is 1. The van der Waals surface area contributed by atoms with Crippen LogP contribution in [0.4, 0.5) is 0 Å². The van der Waals surface area contributed by atoms with E-state index < -0.39 is 0 Å². The Balaban J connectivity index is 0.000000187. The Morgan fingerprint density at radius 2 is 1.27 bits per heavy atom. The quantitative estimate of drug-likeness (QED) is 0.711. The number of carbonyl (C=O) groups excluding carboxylic acids is 1. The van der Waals surface area contributed by atoms with Gasteiger partial charge in [-0.3, -0.25) is 4.79 Å². The first-order valence-electron chi connectivity index (χ1n) is 3.11. The lowest BCUT2D eigenvalue weighted by atomic mass is 10.4. The average molecular weight is 216 g/mol. The molecule has 0 aliphatic heterocycles. The topological polar surface area (TPSA) is 43.1 Å². The Morgan fingerprint density at radius 3 is 1.36 bits per heavy atom. The Bertz CT molecular complexity index is 162. The minimum absolute atomic E-state index is 0.257. The molecule has 0 saturated heterocycles. The van der Waals surface area contributed by atoms with Gasteiger partial charge in [0.2, 0.25) is 5.91 Å². The van der Waals surface area contributed by atoms with E-state index in [0.29, 0.717) is 0 Å². The zero-order chi connectivity index (χ0) is 8.53. The van der Waals surface area contributed by atoms with Crippen molar-refractivity contribution >= 4 is 21.8 Å². The van der Waals surface area contributed by atoms with Gasteiger partial charge in [-0.2, -0.15) is 0 Å². The first kappa shape index (κ1) is 10.2. The molecule has 0 heterocycles. The van der Waals surface area contributed by atoms with Crippen LogP contribution in [0.3, 0.4) is 0 Å². The molecule has 0 atom stereocenters. The summed E-state index contributed by atoms with van der Waals surface area (Å²) in [5, 5.41) is 0.257. The van der Waals surface area contributed by atoms with Crippen LogP contribution in [0, 0.1) is 0 Å². The third kappa shape index (κ3) is 9.17. The van der Waals surface area contributed by atoms with E-state index in [0.717, 1.165) is 0 Å². The van der Waals surface area contributed by atoms with Gasteiger partial charge in [0.05, 0.1) is 5.33 Å². The number of benzene rings is 1. The van der Waals surface area contributed by atoms with Gasteiger partial charge in [-0.1, -0.05) is 52.3 Å². The van der Waals surface area contributed by atoms with E-state index >= 15 is 0 Å². The minimum atomic E-state index is -0.329. The number of hydrogen-bond acceptors (Lipinski definition) is 1. The fourth-order valence-corrected chi connectivity index (χ4v) is 0.385. The number of halogens is 1. The molecule has 0 spiro atoms. The van der Waals surface area contributed by atoms with Crippen LogP contribution < -0.4 is 5.73 Å². The maximum absolute atomic E-state index is 9.54. The molecule has 60 valence electrons. The number of hydrogen-bond donors (Lipinski definition) is 1. The summed E-state index contributed by atoms with van der Waals surface area (Å²) in [7, 11) is 0. The number of rotatable bonds is 1. The van der Waals surface area contributed by atoms with Crippen molar-refractivity contribution in [2.75, 3.05) is 5.33 Å². The standard InChI is InChI=1S/C6H6.C2H4BrNO/c1-2-4-6-5-3-1;3-1-2(4)5/h1-6H;1H2,(H2,4,5). The molecular formula is C8H10BrNO. The maximum Gasteiger partial charge on any atom is 0.228 e. The highest BCUT2D eigenvalue weighted by Gasteiger charge is 1.79. The highest BCUT2D eigenvalue weighted by atomic mass is 79.9. The van der Waals surface area contributed by atoms with Gasteiger partial charge in [-0.15, -0.1) is 0 Å². The van der Waals surface area contributed by atoms with Crippen molar-refractivity contribution in [2.45, 2.75) is 0 Å². The number of primary amides is 1. The normalized spacial score (nSPS) is 7.73. The molecular weight excluding hydrogens is 206 g/mol. The largest absolute Gasteiger partial charge is 0.369 e. The van der Waals surface area contributed by atoms with Gasteiger partial charge in [0.1, 0.15) is 0 Å². The number of nitrogens with two attached hydrogens (primary N) is 1. The summed E-state index contributed by atoms with van der Waals surface area (Å²) >= 11 is 2.84. The third-order valence-electron chi connectivity index (χ3n) is 0.798. The molecule has 0 radical (unpaired) electrons. The van der Waals surface area contributed by atoms with Crippen LogP contribution in [0.5, 0.6) is 0 Å². The summed E-state index contributed by atoms with van der Waals surface area (Å²) in [4.78, 5) is 9.54. The first-order chi connectivity index (χ1) is 5.27. The lowest BCUT2D eigenvalue weighted by molar-refractivity contribution is -0.115. The second-order valence-corrected chi connectivity index (χ2v) is 2.32. The van der Waals surface area contributed by atoms with E-state index in [1.165, 1.54) is 0 Å². The maximum atomic E-state index is 9.54. The van der Waals surface area contributed by atoms with E-state index in [9.17, 15) is 4.79 Å². The number of amides is 1. The SMILES string of the molecule is NC(=O)CBr.c1ccccc1. The zero-order valence-corrected chi connectivity index (χ0v) is 7.62. The molecule has 0 unspecified atom stereocenters. The second kappa shape index (κ2) is 7.28. The van der Waals surface area contributed by atoms with Crippen LogP contribution in [-0.4, -0.2) is 11.2 Å². The lowest BCUT2D eigenvalue weighted by Gasteiger charge is -1.71. The molecule has 1 aromatic rings. The second-order valence-electron chi connectivity index (χ2n) is 1.75. The molecule has 0 fully saturated rings. The molecule has 0 aliphatic rings. The molecule has 1 rings (SSSR count). The van der Waals surface area contributed by atoms with E-state index in [2.05, 4.69) is 21.7 Å². The molecule has 3 heteroatoms. The Hall–Kier alpha value is -0.830. The average Bonchev–Trinajstić information content (AvgIpc) is 2.09. The van der Waals surface area contributed by atoms with Crippen LogP contribution in [0.25, 0.3) is 0 Å². The van der Waals surface area contributed by atoms with Gasteiger partial charge in [0.25, 0.3) is 0 Å². The van der Waals surface area contributed by atoms with Gasteiger partial charge in [-0.25, -0.2) is 0 Å². The smallest absolute Gasteiger partial charge is 0.228 e. The lowest BCUT2D eigenvalue weighted by Crippen LogP contribution is -2.10. The van der Waals surface area contributed by atoms with Crippen molar-refractivity contribution in [1.29, 1.82) is 0 Å². The zero-order valence-electron chi connectivity index (χ0n) is 6.03. The van der Waals surface area contributed by atoms with Crippen LogP contribution in [0.2, 0.25) is 0 Å². The molecule has 0 aliphatic carbocycles. The van der Waals surface area contributed by atoms with Crippen molar-refractivity contribution in [2.24, 2.45) is 5.73 Å². The summed E-state index contributed by atoms with van der Waals surface area (Å²) < 4.78 is 0. The summed E-state index contributed by atoms with van der Waals surface area (Å²) in [6.07, 6.45) is 0. The Morgan fingerprint density at radius 1 is 1.09 bits per heavy atom. The van der Waals surface area contributed by atoms with E-state index in [1.54, 1.807) is 0 Å². The highest BCUT2D eigenvalue weighted by Crippen LogP contribution is 1.79. The molecule has 0 aromatic heterocycles. The van der Waals surface area contributed by atoms with Crippen molar-refractivity contribution < 1.29 is 4.79 Å². The van der Waals surface area contributed by atoms with Gasteiger partial charge in [-0.05, 0) is 0 Å². The van der Waals surface area contributed by atoms with E-state index in [4.69, 9.17) is 0 Å². The fraction of sp³-hybridized carbons (Fsp3) is 0.125. The molecule has 1 amide bonds. The minimum Gasteiger partial charge on any atom is -0.369 e. The predicted molar refractivity (Wildman–Crippen MR) is 49.4 cm³/mol. The number of carbonyl (C=O) groups is 1. The van der Waals surface area contributed by atoms with Gasteiger partial charge < -0.3 is 5.73 Å². The molecule has 1 aromatic carbocycles. The highest BCUT2D eigenvalue weighted by molar-refractivity contribution is 9.09. The van der Waals surface area contributed by atoms with Gasteiger partial charge in [0, 0.05) is 0 Å². The van der Waals surface area contributed by atoms with Crippen molar-refractivity contribution in [3.05, 3.63) is 36.4 Å². The first-order valence-corrected chi connectivity index (χ1v) is 4.24. The Kier molecular flexibility index (Phi) is 6.73. The monoisotopic (exact) mass is 215 g/mol. The summed E-state index contributed by atoms with van der Waals surface area (Å²) in [5.74, 6) is -0.329. The van der Waals surface area contributed by atoms with Crippen LogP contribution >= 0.6 is 15.9 Å². The summed E-state index contributed by atoms with van der Waals surface area (Å²) in [6.45, 7) is 0. The fourth-order valence-electron chi connectivity index (χ4n) is 0.385. The van der Waals surface area contributed by atoms with Crippen LogP contribution in [-0.2, 0) is 4.79 Å². The molecule has 0 bridgehead atoms. The van der Waals surface area contributed by atoms with Crippen molar-refractivity contribution in [3.8, 4) is 0 Å². The molecule has 2 nitrogen and oxygen atoms in total.